The zero-order valence-corrected chi connectivity index (χ0v) is 22.3. The average molecular weight is 537 g/mol. The summed E-state index contributed by atoms with van der Waals surface area (Å²) >= 11 is 0. The smallest absolute Gasteiger partial charge is 0.282 e. The van der Waals surface area contributed by atoms with Gasteiger partial charge < -0.3 is 19.9 Å². The van der Waals surface area contributed by atoms with Crippen molar-refractivity contribution in [2.24, 2.45) is 0 Å². The minimum atomic E-state index is -3.51. The molecule has 0 spiro atoms. The van der Waals surface area contributed by atoms with Gasteiger partial charge in [-0.3, -0.25) is 9.69 Å². The summed E-state index contributed by atoms with van der Waals surface area (Å²) in [6.07, 6.45) is 6.86. The maximum absolute atomic E-state index is 13.7. The van der Waals surface area contributed by atoms with Crippen LogP contribution in [0.4, 0.5) is 0 Å². The first-order valence-corrected chi connectivity index (χ1v) is 15.5. The van der Waals surface area contributed by atoms with E-state index in [4.69, 9.17) is 9.26 Å². The molecule has 11 nitrogen and oxygen atoms in total. The summed E-state index contributed by atoms with van der Waals surface area (Å²) in [7, 11) is -3.51. The van der Waals surface area contributed by atoms with Crippen LogP contribution in [0.15, 0.2) is 10.6 Å². The van der Waals surface area contributed by atoms with E-state index in [9.17, 15) is 13.2 Å². The number of nitrogens with zero attached hydrogens (tertiary/aromatic N) is 4. The van der Waals surface area contributed by atoms with Crippen molar-refractivity contribution in [3.05, 3.63) is 17.5 Å². The van der Waals surface area contributed by atoms with E-state index in [1.165, 1.54) is 0 Å². The summed E-state index contributed by atoms with van der Waals surface area (Å²) in [6.45, 7) is 6.65. The second-order valence-corrected chi connectivity index (χ2v) is 13.2. The molecule has 1 saturated carbocycles. The van der Waals surface area contributed by atoms with Crippen molar-refractivity contribution in [2.45, 2.75) is 81.5 Å². The maximum Gasteiger partial charge on any atom is 0.282 e. The minimum absolute atomic E-state index is 0.0427. The van der Waals surface area contributed by atoms with Gasteiger partial charge in [-0.25, -0.2) is 0 Å². The molecular formula is C25H40N6O5S. The molecule has 37 heavy (non-hydrogen) atoms. The highest BCUT2D eigenvalue weighted by Gasteiger charge is 2.49. The van der Waals surface area contributed by atoms with Gasteiger partial charge >= 0.3 is 0 Å². The van der Waals surface area contributed by atoms with E-state index in [-0.39, 0.29) is 24.0 Å². The minimum Gasteiger partial charge on any atom is -0.379 e. The third-order valence-electron chi connectivity index (χ3n) is 8.75. The van der Waals surface area contributed by atoms with Crippen LogP contribution in [0.3, 0.4) is 0 Å². The third kappa shape index (κ3) is 5.74. The Kier molecular flexibility index (Phi) is 7.57. The lowest BCUT2D eigenvalue weighted by Crippen LogP contribution is -2.57. The fourth-order valence-electron chi connectivity index (χ4n) is 6.52. The van der Waals surface area contributed by atoms with Crippen molar-refractivity contribution >= 4 is 16.1 Å². The van der Waals surface area contributed by atoms with Gasteiger partial charge in [-0.05, 0) is 51.4 Å². The molecular weight excluding hydrogens is 496 g/mol. The van der Waals surface area contributed by atoms with Crippen LogP contribution in [0.2, 0.25) is 0 Å². The molecule has 206 valence electrons. The third-order valence-corrected chi connectivity index (χ3v) is 10.9. The lowest BCUT2D eigenvalue weighted by atomic mass is 9.99. The predicted molar refractivity (Wildman–Crippen MR) is 136 cm³/mol. The van der Waals surface area contributed by atoms with Crippen molar-refractivity contribution in [3.63, 3.8) is 0 Å². The number of aromatic nitrogens is 1. The number of carbonyl (C=O) groups is 1. The van der Waals surface area contributed by atoms with Gasteiger partial charge in [0.05, 0.1) is 13.2 Å². The van der Waals surface area contributed by atoms with E-state index in [1.807, 2.05) is 0 Å². The first-order valence-electron chi connectivity index (χ1n) is 14.1. The van der Waals surface area contributed by atoms with E-state index in [0.717, 1.165) is 83.7 Å². The second-order valence-electron chi connectivity index (χ2n) is 11.3. The Morgan fingerprint density at radius 2 is 1.68 bits per heavy atom. The quantitative estimate of drug-likeness (QED) is 0.478. The lowest BCUT2D eigenvalue weighted by molar-refractivity contribution is 0.0379. The Morgan fingerprint density at radius 1 is 0.973 bits per heavy atom. The van der Waals surface area contributed by atoms with Gasteiger partial charge in [-0.2, -0.15) is 17.0 Å². The highest BCUT2D eigenvalue weighted by molar-refractivity contribution is 7.86. The number of morpholine rings is 1. The number of amides is 1. The Balaban J connectivity index is 0.979. The van der Waals surface area contributed by atoms with Gasteiger partial charge in [0.1, 0.15) is 5.76 Å². The van der Waals surface area contributed by atoms with Crippen molar-refractivity contribution < 1.29 is 22.5 Å². The lowest BCUT2D eigenvalue weighted by Gasteiger charge is -2.42. The molecule has 1 unspecified atom stereocenters. The molecule has 4 saturated heterocycles. The van der Waals surface area contributed by atoms with E-state index in [0.29, 0.717) is 43.6 Å². The van der Waals surface area contributed by atoms with Gasteiger partial charge in [-0.15, -0.1) is 0 Å². The molecule has 5 heterocycles. The molecule has 1 aliphatic carbocycles. The molecule has 5 fully saturated rings. The number of piperidine rings is 2. The number of hydrogen-bond acceptors (Lipinski definition) is 8. The number of fused-ring (bicyclic) bond motifs is 2. The first-order chi connectivity index (χ1) is 18.0. The van der Waals surface area contributed by atoms with Gasteiger partial charge in [0.25, 0.3) is 16.1 Å². The number of ether oxygens (including phenoxy) is 1. The average Bonchev–Trinajstić information content (AvgIpc) is 3.56. The molecule has 5 aliphatic rings. The summed E-state index contributed by atoms with van der Waals surface area (Å²) in [6, 6.07) is 1.96. The Labute approximate surface area is 219 Å². The van der Waals surface area contributed by atoms with Gasteiger partial charge in [0, 0.05) is 75.4 Å². The molecule has 0 radical (unpaired) electrons. The molecule has 12 heteroatoms. The molecule has 6 rings (SSSR count). The van der Waals surface area contributed by atoms with Crippen LogP contribution >= 0.6 is 0 Å². The Morgan fingerprint density at radius 3 is 2.35 bits per heavy atom. The van der Waals surface area contributed by atoms with Crippen LogP contribution in [0.1, 0.15) is 73.5 Å². The molecule has 1 aromatic rings. The molecule has 1 amide bonds. The summed E-state index contributed by atoms with van der Waals surface area (Å²) in [5.41, 5.74) is 0.325. The summed E-state index contributed by atoms with van der Waals surface area (Å²) in [5, 5.41) is 10.7. The molecule has 2 bridgehead atoms. The van der Waals surface area contributed by atoms with Gasteiger partial charge in [-0.1, -0.05) is 5.16 Å². The van der Waals surface area contributed by atoms with Gasteiger partial charge in [0.2, 0.25) is 0 Å². The zero-order chi connectivity index (χ0) is 25.4. The van der Waals surface area contributed by atoms with Crippen LogP contribution in [0.25, 0.3) is 0 Å². The summed E-state index contributed by atoms with van der Waals surface area (Å²) in [4.78, 5) is 15.1. The topological polar surface area (TPSA) is 120 Å². The number of nitrogens with one attached hydrogen (secondary N) is 2. The van der Waals surface area contributed by atoms with E-state index in [2.05, 4.69) is 20.7 Å². The van der Waals surface area contributed by atoms with Crippen LogP contribution in [0.5, 0.6) is 0 Å². The number of rotatable bonds is 9. The SMILES string of the molecule is O=C(NC1C[C@H]2CC[C@@H](C1)N2S(=O)(=O)N1CCC(NCCN2CCOCC2)CC1)c1cc(C2CC2)on1. The van der Waals surface area contributed by atoms with E-state index >= 15 is 0 Å². The highest BCUT2D eigenvalue weighted by atomic mass is 32.2. The van der Waals surface area contributed by atoms with Crippen LogP contribution in [-0.4, -0.2) is 110 Å². The fraction of sp³-hybridized carbons (Fsp3) is 0.840. The molecule has 3 atom stereocenters. The largest absolute Gasteiger partial charge is 0.379 e. The highest BCUT2D eigenvalue weighted by Crippen LogP contribution is 2.41. The fourth-order valence-corrected chi connectivity index (χ4v) is 8.60. The van der Waals surface area contributed by atoms with Crippen molar-refractivity contribution in [1.29, 1.82) is 0 Å². The molecule has 0 aromatic carbocycles. The summed E-state index contributed by atoms with van der Waals surface area (Å²) in [5.74, 6) is 0.982. The van der Waals surface area contributed by atoms with E-state index < -0.39 is 10.2 Å². The number of carbonyl (C=O) groups excluding carboxylic acids is 1. The van der Waals surface area contributed by atoms with Crippen molar-refractivity contribution in [3.8, 4) is 0 Å². The molecule has 1 aromatic heterocycles. The van der Waals surface area contributed by atoms with E-state index in [1.54, 1.807) is 14.7 Å². The molecule has 2 N–H and O–H groups in total. The monoisotopic (exact) mass is 536 g/mol. The maximum atomic E-state index is 13.7. The van der Waals surface area contributed by atoms with Crippen LogP contribution in [0, 0.1) is 0 Å². The zero-order valence-electron chi connectivity index (χ0n) is 21.5. The predicted octanol–water partition coefficient (Wildman–Crippen LogP) is 0.908. The van der Waals surface area contributed by atoms with Gasteiger partial charge in [0.15, 0.2) is 5.69 Å². The van der Waals surface area contributed by atoms with Crippen molar-refractivity contribution in [1.82, 2.24) is 29.3 Å². The number of hydrogen-bond donors (Lipinski definition) is 2. The first kappa shape index (κ1) is 25.7. The Bertz CT molecular complexity index is 1030. The normalized spacial score (nSPS) is 30.5. The van der Waals surface area contributed by atoms with Crippen LogP contribution in [-0.2, 0) is 14.9 Å². The van der Waals surface area contributed by atoms with Crippen LogP contribution < -0.4 is 10.6 Å². The Hall–Kier alpha value is -1.57. The van der Waals surface area contributed by atoms with Crippen molar-refractivity contribution in [2.75, 3.05) is 52.5 Å². The second kappa shape index (κ2) is 10.9. The summed E-state index contributed by atoms with van der Waals surface area (Å²) < 4.78 is 41.5. The standard InChI is InChI=1S/C25H40N6O5S/c32-25(23-17-24(36-28-23)18-1-2-18)27-20-15-21-3-4-22(16-20)31(21)37(33,34)30-8-5-19(6-9-30)26-7-10-29-11-13-35-14-12-29/h17-22,26H,1-16H2,(H,27,32)/t20?,21-,22+. The molecule has 4 aliphatic heterocycles.